The monoisotopic (exact) mass is 384 g/mol. The van der Waals surface area contributed by atoms with Gasteiger partial charge >= 0.3 is 5.97 Å². The van der Waals surface area contributed by atoms with Crippen LogP contribution in [0.5, 0.6) is 0 Å². The Kier molecular flexibility index (Phi) is 5.49. The lowest BCUT2D eigenvalue weighted by Gasteiger charge is -2.08. The van der Waals surface area contributed by atoms with Crippen molar-refractivity contribution in [3.8, 4) is 0 Å². The maximum absolute atomic E-state index is 12.8. The minimum Gasteiger partial charge on any atom is -0.456 e. The van der Waals surface area contributed by atoms with Crippen LogP contribution in [-0.2, 0) is 14.3 Å². The van der Waals surface area contributed by atoms with Gasteiger partial charge in [-0.05, 0) is 55.0 Å². The Labute approximate surface area is 159 Å². The van der Waals surface area contributed by atoms with Crippen molar-refractivity contribution in [1.82, 2.24) is 5.32 Å². The number of carbonyl (C=O) groups is 4. The summed E-state index contributed by atoms with van der Waals surface area (Å²) in [5, 5.41) is 5.04. The van der Waals surface area contributed by atoms with E-state index < -0.39 is 36.6 Å². The summed E-state index contributed by atoms with van der Waals surface area (Å²) in [6.45, 7) is 0.822. The highest BCUT2D eigenvalue weighted by Gasteiger charge is 2.27. The van der Waals surface area contributed by atoms with Crippen molar-refractivity contribution < 1.29 is 28.3 Å². The average Bonchev–Trinajstić information content (AvgIpc) is 2.98. The molecule has 2 amide bonds. The van der Waals surface area contributed by atoms with E-state index in [1.165, 1.54) is 12.1 Å². The Hall–Kier alpha value is -3.55. The van der Waals surface area contributed by atoms with E-state index in [0.717, 1.165) is 12.1 Å². The molecule has 0 saturated heterocycles. The summed E-state index contributed by atoms with van der Waals surface area (Å²) in [4.78, 5) is 47.5. The van der Waals surface area contributed by atoms with Gasteiger partial charge in [0.1, 0.15) is 12.4 Å². The van der Waals surface area contributed by atoms with Gasteiger partial charge in [0.25, 0.3) is 5.91 Å². The highest BCUT2D eigenvalue weighted by Crippen LogP contribution is 2.32. The van der Waals surface area contributed by atoms with Crippen molar-refractivity contribution in [3.05, 3.63) is 65.0 Å². The zero-order chi connectivity index (χ0) is 20.3. The number of Topliss-reactive ketones (excluding diaryl/α,β-unsaturated/α-hetero) is 1. The lowest BCUT2D eigenvalue weighted by atomic mass is 9.99. The van der Waals surface area contributed by atoms with Crippen LogP contribution in [0, 0.1) is 5.82 Å². The molecule has 1 aliphatic rings. The first kappa shape index (κ1) is 19.2. The van der Waals surface area contributed by atoms with Crippen LogP contribution in [0.25, 0.3) is 0 Å². The predicted octanol–water partition coefficient (Wildman–Crippen LogP) is 2.04. The number of benzene rings is 2. The molecule has 1 aliphatic heterocycles. The molecule has 1 heterocycles. The molecule has 8 heteroatoms. The Bertz CT molecular complexity index is 956. The van der Waals surface area contributed by atoms with Gasteiger partial charge in [-0.2, -0.15) is 0 Å². The number of hydrogen-bond donors (Lipinski definition) is 2. The molecular weight excluding hydrogens is 367 g/mol. The van der Waals surface area contributed by atoms with E-state index in [4.69, 9.17) is 4.74 Å². The zero-order valence-electron chi connectivity index (χ0n) is 15.0. The van der Waals surface area contributed by atoms with Crippen molar-refractivity contribution in [2.24, 2.45) is 0 Å². The molecule has 28 heavy (non-hydrogen) atoms. The quantitative estimate of drug-likeness (QED) is 0.586. The maximum Gasteiger partial charge on any atom is 0.325 e. The molecule has 7 nitrogen and oxygen atoms in total. The number of nitrogens with one attached hydrogen (secondary N) is 2. The van der Waals surface area contributed by atoms with Gasteiger partial charge < -0.3 is 15.4 Å². The summed E-state index contributed by atoms with van der Waals surface area (Å²) in [6.07, 6.45) is 0. The molecule has 0 fully saturated rings. The van der Waals surface area contributed by atoms with Gasteiger partial charge in [-0.3, -0.25) is 19.2 Å². The Balaban J connectivity index is 1.49. The first-order valence-electron chi connectivity index (χ1n) is 8.52. The minimum atomic E-state index is -0.782. The Morgan fingerprint density at radius 3 is 2.50 bits per heavy atom. The number of hydrogen-bond acceptors (Lipinski definition) is 5. The average molecular weight is 384 g/mol. The topological polar surface area (TPSA) is 102 Å². The van der Waals surface area contributed by atoms with Gasteiger partial charge in [0.05, 0.1) is 5.92 Å². The molecule has 0 radical (unpaired) electrons. The molecule has 3 rings (SSSR count). The number of rotatable bonds is 6. The van der Waals surface area contributed by atoms with Crippen LogP contribution >= 0.6 is 0 Å². The third-order valence-corrected chi connectivity index (χ3v) is 4.36. The molecular formula is C20H17FN2O5. The van der Waals surface area contributed by atoms with Crippen LogP contribution in [0.3, 0.4) is 0 Å². The van der Waals surface area contributed by atoms with E-state index in [-0.39, 0.29) is 17.4 Å². The summed E-state index contributed by atoms with van der Waals surface area (Å²) in [5.74, 6) is -2.73. The normalized spacial score (nSPS) is 14.8. The fourth-order valence-corrected chi connectivity index (χ4v) is 2.73. The first-order valence-corrected chi connectivity index (χ1v) is 8.52. The Morgan fingerprint density at radius 2 is 1.79 bits per heavy atom. The fraction of sp³-hybridized carbons (Fsp3) is 0.200. The largest absolute Gasteiger partial charge is 0.456 e. The predicted molar refractivity (Wildman–Crippen MR) is 97.5 cm³/mol. The maximum atomic E-state index is 12.8. The van der Waals surface area contributed by atoms with Crippen molar-refractivity contribution in [2.45, 2.75) is 12.8 Å². The van der Waals surface area contributed by atoms with E-state index >= 15 is 0 Å². The number of esters is 1. The smallest absolute Gasteiger partial charge is 0.325 e. The van der Waals surface area contributed by atoms with Gasteiger partial charge in [0, 0.05) is 16.8 Å². The second-order valence-electron chi connectivity index (χ2n) is 6.29. The lowest BCUT2D eigenvalue weighted by Crippen LogP contribution is -2.31. The van der Waals surface area contributed by atoms with Gasteiger partial charge in [-0.1, -0.05) is 0 Å². The standard InChI is InChI=1S/C20H17FN2O5/c1-11-15-8-13(4-7-16(15)23-19(11)26)17(24)10-28-18(25)9-22-20(27)12-2-5-14(21)6-3-12/h2-8,11H,9-10H2,1H3,(H,22,27)(H,23,26)/t11-/m1/s1. The van der Waals surface area contributed by atoms with Gasteiger partial charge in [0.2, 0.25) is 5.91 Å². The van der Waals surface area contributed by atoms with Crippen LogP contribution in [0.2, 0.25) is 0 Å². The number of halogens is 1. The number of amides is 2. The van der Waals surface area contributed by atoms with Crippen LogP contribution in [0.4, 0.5) is 10.1 Å². The van der Waals surface area contributed by atoms with Crippen LogP contribution in [-0.4, -0.2) is 36.7 Å². The van der Waals surface area contributed by atoms with E-state index in [1.807, 2.05) is 0 Å². The first-order chi connectivity index (χ1) is 13.3. The second-order valence-corrected chi connectivity index (χ2v) is 6.29. The molecule has 2 aromatic carbocycles. The van der Waals surface area contributed by atoms with Crippen LogP contribution in [0.1, 0.15) is 39.1 Å². The molecule has 0 unspecified atom stereocenters. The number of ketones is 1. The van der Waals surface area contributed by atoms with Gasteiger partial charge in [0.15, 0.2) is 12.4 Å². The van der Waals surface area contributed by atoms with Crippen molar-refractivity contribution in [2.75, 3.05) is 18.5 Å². The van der Waals surface area contributed by atoms with Crippen molar-refractivity contribution in [3.63, 3.8) is 0 Å². The molecule has 0 saturated carbocycles. The number of ether oxygens (including phenoxy) is 1. The van der Waals surface area contributed by atoms with E-state index in [1.54, 1.807) is 25.1 Å². The highest BCUT2D eigenvalue weighted by molar-refractivity contribution is 6.05. The molecule has 0 spiro atoms. The summed E-state index contributed by atoms with van der Waals surface area (Å²) in [7, 11) is 0. The van der Waals surface area contributed by atoms with Crippen molar-refractivity contribution >= 4 is 29.3 Å². The van der Waals surface area contributed by atoms with E-state index in [2.05, 4.69) is 10.6 Å². The van der Waals surface area contributed by atoms with Crippen LogP contribution < -0.4 is 10.6 Å². The third kappa shape index (κ3) is 4.22. The number of anilines is 1. The summed E-state index contributed by atoms with van der Waals surface area (Å²) in [6, 6.07) is 9.61. The van der Waals surface area contributed by atoms with E-state index in [0.29, 0.717) is 16.8 Å². The second kappa shape index (κ2) is 7.99. The van der Waals surface area contributed by atoms with Gasteiger partial charge in [-0.25, -0.2) is 4.39 Å². The fourth-order valence-electron chi connectivity index (χ4n) is 2.73. The SMILES string of the molecule is C[C@H]1C(=O)Nc2ccc(C(=O)COC(=O)CNC(=O)c3ccc(F)cc3)cc21. The Morgan fingerprint density at radius 1 is 1.11 bits per heavy atom. The molecule has 2 N–H and O–H groups in total. The van der Waals surface area contributed by atoms with Crippen molar-refractivity contribution in [1.29, 1.82) is 0 Å². The lowest BCUT2D eigenvalue weighted by molar-refractivity contribution is -0.141. The summed E-state index contributed by atoms with van der Waals surface area (Å²) < 4.78 is 17.7. The summed E-state index contributed by atoms with van der Waals surface area (Å²) >= 11 is 0. The molecule has 0 aromatic heterocycles. The zero-order valence-corrected chi connectivity index (χ0v) is 15.0. The molecule has 1 atom stereocenters. The van der Waals surface area contributed by atoms with Crippen LogP contribution in [0.15, 0.2) is 42.5 Å². The highest BCUT2D eigenvalue weighted by atomic mass is 19.1. The molecule has 144 valence electrons. The number of fused-ring (bicyclic) bond motifs is 1. The van der Waals surface area contributed by atoms with Gasteiger partial charge in [-0.15, -0.1) is 0 Å². The molecule has 0 bridgehead atoms. The number of carbonyl (C=O) groups excluding carboxylic acids is 4. The third-order valence-electron chi connectivity index (χ3n) is 4.36. The minimum absolute atomic E-state index is 0.136. The molecule has 0 aliphatic carbocycles. The molecule has 2 aromatic rings. The van der Waals surface area contributed by atoms with E-state index in [9.17, 15) is 23.6 Å². The summed E-state index contributed by atoms with van der Waals surface area (Å²) in [5.41, 5.74) is 1.90.